The van der Waals surface area contributed by atoms with Gasteiger partial charge in [0.25, 0.3) is 0 Å². The minimum atomic E-state index is 0.0665. The van der Waals surface area contributed by atoms with Crippen molar-refractivity contribution >= 4 is 5.78 Å². The highest BCUT2D eigenvalue weighted by molar-refractivity contribution is 5.90. The Morgan fingerprint density at radius 3 is 2.07 bits per heavy atom. The van der Waals surface area contributed by atoms with Crippen LogP contribution in [-0.4, -0.2) is 5.78 Å². The van der Waals surface area contributed by atoms with E-state index in [4.69, 9.17) is 4.74 Å². The number of hydrogen-bond acceptors (Lipinski definition) is 2. The van der Waals surface area contributed by atoms with Crippen LogP contribution in [0.3, 0.4) is 0 Å². The summed E-state index contributed by atoms with van der Waals surface area (Å²) in [5.41, 5.74) is 2.21. The van der Waals surface area contributed by atoms with E-state index < -0.39 is 0 Å². The topological polar surface area (TPSA) is 26.3 Å². The number of hydrogen-bond donors (Lipinski definition) is 0. The van der Waals surface area contributed by atoms with Crippen LogP contribution in [0.5, 0.6) is 11.5 Å². The van der Waals surface area contributed by atoms with Crippen molar-refractivity contribution in [3.8, 4) is 11.5 Å². The largest absolute Gasteiger partial charge is 0.457 e. The Morgan fingerprint density at radius 2 is 1.43 bits per heavy atom. The molecule has 28 heavy (non-hydrogen) atoms. The molecule has 1 aliphatic heterocycles. The third-order valence-corrected chi connectivity index (χ3v) is 5.49. The molecule has 148 valence electrons. The number of allylic oxidation sites excluding steroid dienone is 2. The molecule has 0 saturated carbocycles. The number of carbonyl (C=O) groups is 1. The van der Waals surface area contributed by atoms with Crippen LogP contribution in [0.25, 0.3) is 0 Å². The van der Waals surface area contributed by atoms with Gasteiger partial charge in [-0.05, 0) is 31.1 Å². The average molecular weight is 377 g/mol. The lowest BCUT2D eigenvalue weighted by molar-refractivity contribution is -0.114. The van der Waals surface area contributed by atoms with Crippen LogP contribution in [0.2, 0.25) is 0 Å². The van der Waals surface area contributed by atoms with Crippen LogP contribution >= 0.6 is 0 Å². The third kappa shape index (κ3) is 5.58. The lowest BCUT2D eigenvalue weighted by atomic mass is 9.84. The fourth-order valence-electron chi connectivity index (χ4n) is 3.93. The number of para-hydroxylation sites is 2. The molecule has 0 aromatic heterocycles. The molecule has 0 atom stereocenters. The van der Waals surface area contributed by atoms with Crippen LogP contribution in [0.4, 0.5) is 0 Å². The number of unbranched alkanes of at least 4 members (excludes halogenated alkanes) is 7. The molecular weight excluding hydrogens is 344 g/mol. The maximum absolute atomic E-state index is 12.6. The maximum atomic E-state index is 12.6. The van der Waals surface area contributed by atoms with Crippen LogP contribution < -0.4 is 4.74 Å². The monoisotopic (exact) mass is 376 g/mol. The van der Waals surface area contributed by atoms with E-state index in [1.165, 1.54) is 44.9 Å². The molecule has 3 rings (SSSR count). The van der Waals surface area contributed by atoms with Gasteiger partial charge in [0.15, 0.2) is 5.78 Å². The van der Waals surface area contributed by atoms with Crippen LogP contribution in [0.1, 0.15) is 81.8 Å². The number of ketones is 1. The quantitative estimate of drug-likeness (QED) is 0.298. The van der Waals surface area contributed by atoms with E-state index in [9.17, 15) is 4.79 Å². The summed E-state index contributed by atoms with van der Waals surface area (Å²) in [5.74, 6) is 1.99. The minimum absolute atomic E-state index is 0.0665. The zero-order valence-corrected chi connectivity index (χ0v) is 17.0. The molecule has 1 heterocycles. The highest BCUT2D eigenvalue weighted by Crippen LogP contribution is 2.45. The minimum Gasteiger partial charge on any atom is -0.457 e. The van der Waals surface area contributed by atoms with Gasteiger partial charge in [0, 0.05) is 23.5 Å². The Bertz CT molecular complexity index is 745. The zero-order valence-electron chi connectivity index (χ0n) is 17.0. The summed E-state index contributed by atoms with van der Waals surface area (Å²) in [7, 11) is 0. The van der Waals surface area contributed by atoms with Gasteiger partial charge in [-0.1, -0.05) is 87.9 Å². The van der Waals surface area contributed by atoms with Gasteiger partial charge in [-0.3, -0.25) is 4.79 Å². The molecule has 0 unspecified atom stereocenters. The molecule has 1 aliphatic rings. The van der Waals surface area contributed by atoms with Crippen molar-refractivity contribution in [3.05, 3.63) is 71.8 Å². The number of fused-ring (bicyclic) bond motifs is 2. The molecule has 0 bridgehead atoms. The molecule has 0 saturated heterocycles. The van der Waals surface area contributed by atoms with Gasteiger partial charge in [-0.15, -0.1) is 0 Å². The van der Waals surface area contributed by atoms with Gasteiger partial charge in [-0.25, -0.2) is 0 Å². The maximum Gasteiger partial charge on any atom is 0.156 e. The van der Waals surface area contributed by atoms with E-state index in [1.807, 2.05) is 36.4 Å². The Kier molecular flexibility index (Phi) is 7.90. The fourth-order valence-corrected chi connectivity index (χ4v) is 3.93. The normalized spacial score (nSPS) is 13.2. The summed E-state index contributed by atoms with van der Waals surface area (Å²) in [6.45, 7) is 2.25. The predicted molar refractivity (Wildman–Crippen MR) is 116 cm³/mol. The first-order valence-electron chi connectivity index (χ1n) is 10.8. The molecule has 0 radical (unpaired) electrons. The Morgan fingerprint density at radius 1 is 0.857 bits per heavy atom. The fraction of sp³-hybridized carbons (Fsp3) is 0.423. The van der Waals surface area contributed by atoms with E-state index in [0.717, 1.165) is 29.0 Å². The Hall–Kier alpha value is -2.35. The van der Waals surface area contributed by atoms with E-state index in [1.54, 1.807) is 6.08 Å². The summed E-state index contributed by atoms with van der Waals surface area (Å²) in [5, 5.41) is 0. The van der Waals surface area contributed by atoms with Crippen LogP contribution in [0, 0.1) is 0 Å². The van der Waals surface area contributed by atoms with Gasteiger partial charge >= 0.3 is 0 Å². The molecule has 0 amide bonds. The van der Waals surface area contributed by atoms with Crippen molar-refractivity contribution in [2.45, 2.75) is 70.6 Å². The van der Waals surface area contributed by atoms with E-state index in [0.29, 0.717) is 6.42 Å². The zero-order chi connectivity index (χ0) is 19.6. The lowest BCUT2D eigenvalue weighted by Crippen LogP contribution is -2.13. The predicted octanol–water partition coefficient (Wildman–Crippen LogP) is 7.58. The summed E-state index contributed by atoms with van der Waals surface area (Å²) >= 11 is 0. The number of ether oxygens (including phenoxy) is 1. The molecule has 0 fully saturated rings. The molecule has 0 spiro atoms. The molecule has 2 nitrogen and oxygen atoms in total. The highest BCUT2D eigenvalue weighted by Gasteiger charge is 2.27. The summed E-state index contributed by atoms with van der Waals surface area (Å²) in [6.07, 6.45) is 14.5. The van der Waals surface area contributed by atoms with Crippen LogP contribution in [0.15, 0.2) is 60.7 Å². The molecule has 2 heteroatoms. The van der Waals surface area contributed by atoms with Gasteiger partial charge in [0.2, 0.25) is 0 Å². The van der Waals surface area contributed by atoms with Crippen molar-refractivity contribution in [1.82, 2.24) is 0 Å². The van der Waals surface area contributed by atoms with E-state index in [2.05, 4.69) is 25.1 Å². The van der Waals surface area contributed by atoms with Crippen molar-refractivity contribution in [2.24, 2.45) is 0 Å². The van der Waals surface area contributed by atoms with Crippen LogP contribution in [-0.2, 0) is 4.79 Å². The van der Waals surface area contributed by atoms with Crippen molar-refractivity contribution < 1.29 is 9.53 Å². The Labute approximate surface area is 169 Å². The highest BCUT2D eigenvalue weighted by atomic mass is 16.5. The number of rotatable bonds is 11. The molecule has 0 aliphatic carbocycles. The summed E-state index contributed by atoms with van der Waals surface area (Å²) < 4.78 is 6.02. The van der Waals surface area contributed by atoms with Gasteiger partial charge in [-0.2, -0.15) is 0 Å². The van der Waals surface area contributed by atoms with E-state index >= 15 is 0 Å². The second kappa shape index (κ2) is 10.8. The number of carbonyl (C=O) groups excluding carboxylic acids is 1. The number of benzene rings is 2. The average Bonchev–Trinajstić information content (AvgIpc) is 2.72. The van der Waals surface area contributed by atoms with Crippen molar-refractivity contribution in [3.63, 3.8) is 0 Å². The first kappa shape index (κ1) is 20.4. The van der Waals surface area contributed by atoms with E-state index in [-0.39, 0.29) is 11.7 Å². The summed E-state index contributed by atoms with van der Waals surface area (Å²) in [6, 6.07) is 16.1. The van der Waals surface area contributed by atoms with Gasteiger partial charge in [0.1, 0.15) is 11.5 Å². The second-order valence-corrected chi connectivity index (χ2v) is 7.71. The van der Waals surface area contributed by atoms with Crippen molar-refractivity contribution in [2.75, 3.05) is 0 Å². The van der Waals surface area contributed by atoms with Crippen molar-refractivity contribution in [1.29, 1.82) is 0 Å². The molecule has 2 aromatic carbocycles. The molecular formula is C26H32O2. The lowest BCUT2D eigenvalue weighted by Gasteiger charge is -2.27. The van der Waals surface area contributed by atoms with Gasteiger partial charge < -0.3 is 4.74 Å². The standard InChI is InChI=1S/C26H32O2/c1-2-3-4-5-6-7-8-9-10-15-21(27)20-24-22-16-11-13-18-25(22)28-26-19-14-12-17-23(24)26/h10-19,24H,2-9,20H2,1H3/b15-10+. The summed E-state index contributed by atoms with van der Waals surface area (Å²) in [4.78, 5) is 12.6. The molecule has 2 aromatic rings. The Balaban J connectivity index is 1.52. The third-order valence-electron chi connectivity index (χ3n) is 5.49. The second-order valence-electron chi connectivity index (χ2n) is 7.71. The SMILES string of the molecule is CCCCCCCCC/C=C/C(=O)CC1c2ccccc2Oc2ccccc21. The first-order valence-corrected chi connectivity index (χ1v) is 10.8. The van der Waals surface area contributed by atoms with Gasteiger partial charge in [0.05, 0.1) is 0 Å². The first-order chi connectivity index (χ1) is 13.8. The molecule has 0 N–H and O–H groups in total. The smallest absolute Gasteiger partial charge is 0.156 e.